The standard InChI is InChI=1S/C21H23BrN4O2/c1-13-8-9-26(21(28)14-4-2-3-5-14)12-18(13)25-20(27)17-7-6-15-10-23-11-16(22)19(15)24-17/h2-3,6-7,10-11,13-14,18H,4-5,8-9,12H2,1H3,(H,25,27). The van der Waals surface area contributed by atoms with Gasteiger partial charge in [-0.15, -0.1) is 0 Å². The molecule has 1 saturated heterocycles. The monoisotopic (exact) mass is 442 g/mol. The van der Waals surface area contributed by atoms with Crippen molar-refractivity contribution in [1.29, 1.82) is 0 Å². The van der Waals surface area contributed by atoms with Gasteiger partial charge >= 0.3 is 0 Å². The molecule has 1 aliphatic carbocycles. The second-order valence-corrected chi connectivity index (χ2v) is 8.51. The van der Waals surface area contributed by atoms with E-state index >= 15 is 0 Å². The molecule has 0 spiro atoms. The fraction of sp³-hybridized carbons (Fsp3) is 0.429. The van der Waals surface area contributed by atoms with E-state index in [0.29, 0.717) is 23.7 Å². The molecule has 1 aliphatic heterocycles. The molecule has 2 amide bonds. The lowest BCUT2D eigenvalue weighted by molar-refractivity contribution is -0.137. The van der Waals surface area contributed by atoms with Crippen LogP contribution in [0.4, 0.5) is 0 Å². The maximum atomic E-state index is 12.8. The van der Waals surface area contributed by atoms with Gasteiger partial charge in [-0.1, -0.05) is 19.1 Å². The first kappa shape index (κ1) is 19.1. The highest BCUT2D eigenvalue weighted by atomic mass is 79.9. The maximum Gasteiger partial charge on any atom is 0.270 e. The molecule has 2 aromatic rings. The van der Waals surface area contributed by atoms with Gasteiger partial charge in [-0.2, -0.15) is 0 Å². The summed E-state index contributed by atoms with van der Waals surface area (Å²) >= 11 is 3.44. The van der Waals surface area contributed by atoms with Gasteiger partial charge in [0.2, 0.25) is 5.91 Å². The van der Waals surface area contributed by atoms with Crippen LogP contribution in [0.2, 0.25) is 0 Å². The molecule has 2 atom stereocenters. The Bertz CT molecular complexity index is 937. The molecule has 0 saturated carbocycles. The summed E-state index contributed by atoms with van der Waals surface area (Å²) in [6.07, 6.45) is 10.1. The van der Waals surface area contributed by atoms with Crippen molar-refractivity contribution in [3.63, 3.8) is 0 Å². The zero-order valence-corrected chi connectivity index (χ0v) is 17.4. The summed E-state index contributed by atoms with van der Waals surface area (Å²) in [4.78, 5) is 36.1. The minimum Gasteiger partial charge on any atom is -0.346 e. The third-order valence-corrected chi connectivity index (χ3v) is 6.31. The molecule has 4 rings (SSSR count). The predicted octanol–water partition coefficient (Wildman–Crippen LogP) is 3.33. The van der Waals surface area contributed by atoms with Crippen LogP contribution in [0, 0.1) is 11.8 Å². The zero-order chi connectivity index (χ0) is 19.7. The highest BCUT2D eigenvalue weighted by Gasteiger charge is 2.33. The number of likely N-dealkylation sites (tertiary alicyclic amines) is 1. The van der Waals surface area contributed by atoms with Crippen LogP contribution in [0.5, 0.6) is 0 Å². The van der Waals surface area contributed by atoms with Crippen LogP contribution in [0.25, 0.3) is 10.9 Å². The van der Waals surface area contributed by atoms with Crippen LogP contribution < -0.4 is 5.32 Å². The normalized spacial score (nSPS) is 22.6. The Kier molecular flexibility index (Phi) is 5.44. The van der Waals surface area contributed by atoms with Crippen molar-refractivity contribution in [3.05, 3.63) is 46.8 Å². The Morgan fingerprint density at radius 3 is 2.79 bits per heavy atom. The Morgan fingerprint density at radius 2 is 2.00 bits per heavy atom. The molecular formula is C21H23BrN4O2. The Hall–Kier alpha value is -2.28. The maximum absolute atomic E-state index is 12.8. The van der Waals surface area contributed by atoms with Gasteiger partial charge in [-0.3, -0.25) is 14.6 Å². The highest BCUT2D eigenvalue weighted by molar-refractivity contribution is 9.10. The molecule has 2 unspecified atom stereocenters. The minimum absolute atomic E-state index is 0.0675. The fourth-order valence-corrected chi connectivity index (χ4v) is 4.35. The third kappa shape index (κ3) is 3.81. The zero-order valence-electron chi connectivity index (χ0n) is 15.8. The van der Waals surface area contributed by atoms with Crippen LogP contribution in [0.1, 0.15) is 36.7 Å². The molecule has 0 aromatic carbocycles. The van der Waals surface area contributed by atoms with Gasteiger partial charge in [0.1, 0.15) is 5.69 Å². The molecule has 146 valence electrons. The second-order valence-electron chi connectivity index (χ2n) is 7.66. The summed E-state index contributed by atoms with van der Waals surface area (Å²) in [5.74, 6) is 0.375. The first-order valence-corrected chi connectivity index (χ1v) is 10.5. The Labute approximate surface area is 172 Å². The van der Waals surface area contributed by atoms with E-state index < -0.39 is 0 Å². The number of pyridine rings is 2. The van der Waals surface area contributed by atoms with E-state index in [9.17, 15) is 9.59 Å². The van der Waals surface area contributed by atoms with Gasteiger partial charge in [0.05, 0.1) is 9.99 Å². The molecule has 6 nitrogen and oxygen atoms in total. The van der Waals surface area contributed by atoms with Crippen LogP contribution >= 0.6 is 15.9 Å². The number of carbonyl (C=O) groups is 2. The highest BCUT2D eigenvalue weighted by Crippen LogP contribution is 2.25. The lowest BCUT2D eigenvalue weighted by atomic mass is 9.92. The second kappa shape index (κ2) is 7.99. The fourth-order valence-electron chi connectivity index (χ4n) is 3.91. The third-order valence-electron chi connectivity index (χ3n) is 5.73. The lowest BCUT2D eigenvalue weighted by Gasteiger charge is -2.38. The number of aromatic nitrogens is 2. The topological polar surface area (TPSA) is 75.2 Å². The van der Waals surface area contributed by atoms with Gasteiger partial charge in [-0.05, 0) is 53.2 Å². The average molecular weight is 443 g/mol. The molecule has 2 aromatic heterocycles. The molecule has 3 heterocycles. The smallest absolute Gasteiger partial charge is 0.270 e. The number of hydrogen-bond acceptors (Lipinski definition) is 4. The first-order chi connectivity index (χ1) is 13.5. The van der Waals surface area contributed by atoms with E-state index in [4.69, 9.17) is 0 Å². The van der Waals surface area contributed by atoms with Gasteiger partial charge in [0.15, 0.2) is 0 Å². The summed E-state index contributed by atoms with van der Waals surface area (Å²) < 4.78 is 0.757. The van der Waals surface area contributed by atoms with Crippen LogP contribution in [-0.4, -0.2) is 45.8 Å². The molecule has 1 fully saturated rings. The van der Waals surface area contributed by atoms with Gasteiger partial charge in [0, 0.05) is 42.8 Å². The summed E-state index contributed by atoms with van der Waals surface area (Å²) in [5, 5.41) is 3.98. The van der Waals surface area contributed by atoms with Crippen LogP contribution in [-0.2, 0) is 4.79 Å². The van der Waals surface area contributed by atoms with E-state index in [0.717, 1.165) is 35.7 Å². The number of amides is 2. The molecular weight excluding hydrogens is 420 g/mol. The number of allylic oxidation sites excluding steroid dienone is 2. The molecule has 0 bridgehead atoms. The van der Waals surface area contributed by atoms with E-state index in [-0.39, 0.29) is 23.8 Å². The Balaban J connectivity index is 1.46. The number of rotatable bonds is 3. The number of piperidine rings is 1. The summed E-state index contributed by atoms with van der Waals surface area (Å²) in [6, 6.07) is 3.49. The number of halogens is 1. The Morgan fingerprint density at radius 1 is 1.21 bits per heavy atom. The summed E-state index contributed by atoms with van der Waals surface area (Å²) in [5.41, 5.74) is 1.08. The lowest BCUT2D eigenvalue weighted by Crippen LogP contribution is -2.54. The van der Waals surface area contributed by atoms with Crippen molar-refractivity contribution in [1.82, 2.24) is 20.2 Å². The molecule has 1 N–H and O–H groups in total. The number of nitrogens with one attached hydrogen (secondary N) is 1. The minimum atomic E-state index is -0.209. The van der Waals surface area contributed by atoms with E-state index in [1.54, 1.807) is 18.5 Å². The van der Waals surface area contributed by atoms with E-state index in [2.05, 4.69) is 50.3 Å². The largest absolute Gasteiger partial charge is 0.346 e. The molecule has 28 heavy (non-hydrogen) atoms. The number of hydrogen-bond donors (Lipinski definition) is 1. The van der Waals surface area contributed by atoms with Crippen molar-refractivity contribution in [2.75, 3.05) is 13.1 Å². The van der Waals surface area contributed by atoms with Crippen molar-refractivity contribution in [2.45, 2.75) is 32.2 Å². The van der Waals surface area contributed by atoms with Crippen LogP contribution in [0.15, 0.2) is 41.2 Å². The van der Waals surface area contributed by atoms with Crippen molar-refractivity contribution >= 4 is 38.6 Å². The van der Waals surface area contributed by atoms with Crippen LogP contribution in [0.3, 0.4) is 0 Å². The number of carbonyl (C=O) groups excluding carboxylic acids is 2. The molecule has 7 heteroatoms. The molecule has 2 aliphatic rings. The SMILES string of the molecule is CC1CCN(C(=O)C2CC=CC2)CC1NC(=O)c1ccc2cncc(Br)c2n1. The number of nitrogens with zero attached hydrogens (tertiary/aromatic N) is 3. The first-order valence-electron chi connectivity index (χ1n) is 9.68. The van der Waals surface area contributed by atoms with Crippen molar-refractivity contribution < 1.29 is 9.59 Å². The van der Waals surface area contributed by atoms with E-state index in [1.165, 1.54) is 0 Å². The van der Waals surface area contributed by atoms with Gasteiger partial charge in [0.25, 0.3) is 5.91 Å². The quantitative estimate of drug-likeness (QED) is 0.739. The van der Waals surface area contributed by atoms with Crippen molar-refractivity contribution in [2.24, 2.45) is 11.8 Å². The van der Waals surface area contributed by atoms with Gasteiger partial charge in [-0.25, -0.2) is 4.98 Å². The van der Waals surface area contributed by atoms with Crippen molar-refractivity contribution in [3.8, 4) is 0 Å². The molecule has 0 radical (unpaired) electrons. The van der Waals surface area contributed by atoms with Gasteiger partial charge < -0.3 is 10.2 Å². The number of fused-ring (bicyclic) bond motifs is 1. The predicted molar refractivity (Wildman–Crippen MR) is 111 cm³/mol. The summed E-state index contributed by atoms with van der Waals surface area (Å²) in [7, 11) is 0. The average Bonchev–Trinajstić information content (AvgIpc) is 3.24. The van der Waals surface area contributed by atoms with E-state index in [1.807, 2.05) is 11.0 Å². The summed E-state index contributed by atoms with van der Waals surface area (Å²) in [6.45, 7) is 3.44.